The normalized spacial score (nSPS) is 17.4. The summed E-state index contributed by atoms with van der Waals surface area (Å²) in [7, 11) is 1.48. The van der Waals surface area contributed by atoms with Gasteiger partial charge < -0.3 is 30.0 Å². The molecule has 2 amide bonds. The Morgan fingerprint density at radius 2 is 1.98 bits per heavy atom. The molecule has 0 unspecified atom stereocenters. The van der Waals surface area contributed by atoms with Gasteiger partial charge in [0.15, 0.2) is 12.2 Å². The Morgan fingerprint density at radius 1 is 1.23 bits per heavy atom. The van der Waals surface area contributed by atoms with Gasteiger partial charge in [-0.15, -0.1) is 0 Å². The summed E-state index contributed by atoms with van der Waals surface area (Å²) >= 11 is 0. The number of carbonyl (C=O) groups excluding carboxylic acids is 2. The number of nitrogens with zero attached hydrogens (tertiary/aromatic N) is 2. The van der Waals surface area contributed by atoms with Crippen LogP contribution in [0, 0.1) is 5.82 Å². The third kappa shape index (κ3) is 4.75. The predicted molar refractivity (Wildman–Crippen MR) is 142 cm³/mol. The van der Waals surface area contributed by atoms with Gasteiger partial charge in [0.1, 0.15) is 40.6 Å². The van der Waals surface area contributed by atoms with Crippen LogP contribution in [0.25, 0.3) is 22.6 Å². The predicted octanol–water partition coefficient (Wildman–Crippen LogP) is 3.32. The molecular weight excluding hydrogens is 519 g/mol. The van der Waals surface area contributed by atoms with Crippen molar-refractivity contribution < 1.29 is 33.0 Å². The number of pyridine rings is 1. The van der Waals surface area contributed by atoms with Gasteiger partial charge in [-0.3, -0.25) is 9.59 Å². The molecule has 11 heteroatoms. The molecule has 0 radical (unpaired) electrons. The number of amides is 2. The van der Waals surface area contributed by atoms with Crippen molar-refractivity contribution in [2.75, 3.05) is 20.3 Å². The number of hydrogen-bond acceptors (Lipinski definition) is 8. The van der Waals surface area contributed by atoms with E-state index in [1.165, 1.54) is 50.9 Å². The molecule has 0 fully saturated rings. The number of ether oxygens (including phenoxy) is 2. The van der Waals surface area contributed by atoms with Gasteiger partial charge in [-0.05, 0) is 62.4 Å². The lowest BCUT2D eigenvalue weighted by Gasteiger charge is -2.26. The largest absolute Gasteiger partial charge is 0.496 e. The first-order valence-electron chi connectivity index (χ1n) is 12.4. The summed E-state index contributed by atoms with van der Waals surface area (Å²) in [6.45, 7) is 2.90. The third-order valence-electron chi connectivity index (χ3n) is 7.04. The fourth-order valence-electron chi connectivity index (χ4n) is 4.50. The summed E-state index contributed by atoms with van der Waals surface area (Å²) in [6.07, 6.45) is 2.83. The Balaban J connectivity index is 1.45. The molecule has 5 rings (SSSR count). The Hall–Kier alpha value is -4.77. The second-order valence-corrected chi connectivity index (χ2v) is 9.96. The molecule has 0 saturated carbocycles. The molecule has 0 bridgehead atoms. The van der Waals surface area contributed by atoms with Gasteiger partial charge in [0.25, 0.3) is 5.91 Å². The SMILES string of the molecule is COc1cc(C(=O)NC[C@](C)(O)c2cc3c(c(-c4ccc(F)cc4)n2)OC[C@]3(C)C(N)=O)ccc1-c1cnco1. The molecule has 4 N–H and O–H groups in total. The number of carbonyl (C=O) groups is 2. The third-order valence-corrected chi connectivity index (χ3v) is 7.04. The highest BCUT2D eigenvalue weighted by atomic mass is 19.1. The fraction of sp³-hybridized carbons (Fsp3) is 0.241. The van der Waals surface area contributed by atoms with E-state index in [9.17, 15) is 19.1 Å². The Bertz CT molecular complexity index is 1590. The summed E-state index contributed by atoms with van der Waals surface area (Å²) in [5.74, 6) is -0.281. The van der Waals surface area contributed by atoms with Crippen molar-refractivity contribution in [3.05, 3.63) is 83.8 Å². The molecule has 4 aromatic rings. The minimum absolute atomic E-state index is 0.0121. The molecular formula is C29H27FN4O6. The lowest BCUT2D eigenvalue weighted by Crippen LogP contribution is -2.41. The standard InChI is InChI=1S/C29H27FN4O6/c1-28(27(31)36)14-39-25-20(28)11-23(34-24(25)16-4-7-18(30)8-5-16)29(2,37)13-33-26(35)17-6-9-19(21(10-17)38-3)22-12-32-15-40-22/h4-12,15,37H,13-14H2,1-3H3,(H2,31,36)(H,33,35)/t28-,29-/m0/s1. The van der Waals surface area contributed by atoms with Gasteiger partial charge >= 0.3 is 0 Å². The molecule has 10 nitrogen and oxygen atoms in total. The molecule has 2 aromatic carbocycles. The summed E-state index contributed by atoms with van der Waals surface area (Å²) in [5.41, 5.74) is 5.23. The number of benzene rings is 2. The smallest absolute Gasteiger partial charge is 0.251 e. The van der Waals surface area contributed by atoms with Crippen LogP contribution in [0.15, 0.2) is 65.5 Å². The van der Waals surface area contributed by atoms with E-state index in [0.717, 1.165) is 0 Å². The van der Waals surface area contributed by atoms with Crippen LogP contribution in [0.3, 0.4) is 0 Å². The van der Waals surface area contributed by atoms with Crippen LogP contribution < -0.4 is 20.5 Å². The Morgan fingerprint density at radius 3 is 2.62 bits per heavy atom. The molecule has 1 aliphatic heterocycles. The number of fused-ring (bicyclic) bond motifs is 1. The minimum atomic E-state index is -1.68. The fourth-order valence-corrected chi connectivity index (χ4v) is 4.50. The quantitative estimate of drug-likeness (QED) is 0.305. The maximum absolute atomic E-state index is 13.6. The first kappa shape index (κ1) is 26.8. The van der Waals surface area contributed by atoms with Crippen molar-refractivity contribution in [2.45, 2.75) is 24.9 Å². The lowest BCUT2D eigenvalue weighted by molar-refractivity contribution is -0.123. The van der Waals surface area contributed by atoms with Crippen molar-refractivity contribution in [3.8, 4) is 34.1 Å². The number of aliphatic hydroxyl groups is 1. The van der Waals surface area contributed by atoms with Crippen LogP contribution in [0.4, 0.5) is 4.39 Å². The van der Waals surface area contributed by atoms with E-state index in [0.29, 0.717) is 45.2 Å². The number of aromatic nitrogens is 2. The molecule has 2 aromatic heterocycles. The number of nitrogens with one attached hydrogen (secondary N) is 1. The van der Waals surface area contributed by atoms with Gasteiger partial charge in [0.05, 0.1) is 31.1 Å². The second-order valence-electron chi connectivity index (χ2n) is 9.96. The average Bonchev–Trinajstić information content (AvgIpc) is 3.60. The van der Waals surface area contributed by atoms with Crippen molar-refractivity contribution in [1.29, 1.82) is 0 Å². The van der Waals surface area contributed by atoms with Gasteiger partial charge in [-0.25, -0.2) is 14.4 Å². The second kappa shape index (κ2) is 10.1. The Labute approximate surface area is 229 Å². The Kier molecular flexibility index (Phi) is 6.76. The van der Waals surface area contributed by atoms with Crippen molar-refractivity contribution in [1.82, 2.24) is 15.3 Å². The monoisotopic (exact) mass is 546 g/mol. The molecule has 0 spiro atoms. The zero-order valence-electron chi connectivity index (χ0n) is 22.0. The van der Waals surface area contributed by atoms with Crippen molar-refractivity contribution >= 4 is 11.8 Å². The minimum Gasteiger partial charge on any atom is -0.496 e. The van der Waals surface area contributed by atoms with Crippen molar-refractivity contribution in [3.63, 3.8) is 0 Å². The van der Waals surface area contributed by atoms with E-state index >= 15 is 0 Å². The summed E-state index contributed by atoms with van der Waals surface area (Å²) in [4.78, 5) is 34.0. The highest BCUT2D eigenvalue weighted by molar-refractivity contribution is 5.95. The molecule has 40 heavy (non-hydrogen) atoms. The number of primary amides is 1. The van der Waals surface area contributed by atoms with Crippen LogP contribution in [0.5, 0.6) is 11.5 Å². The van der Waals surface area contributed by atoms with Crippen molar-refractivity contribution in [2.24, 2.45) is 5.73 Å². The number of hydrogen-bond donors (Lipinski definition) is 3. The molecule has 0 saturated heterocycles. The molecule has 0 aliphatic carbocycles. The molecule has 3 heterocycles. The van der Waals surface area contributed by atoms with Crippen LogP contribution in [0.2, 0.25) is 0 Å². The van der Waals surface area contributed by atoms with E-state index < -0.39 is 28.6 Å². The zero-order chi connectivity index (χ0) is 28.7. The van der Waals surface area contributed by atoms with E-state index in [2.05, 4.69) is 15.3 Å². The maximum Gasteiger partial charge on any atom is 0.251 e. The number of rotatable bonds is 8. The first-order chi connectivity index (χ1) is 19.0. The van der Waals surface area contributed by atoms with E-state index in [1.54, 1.807) is 31.2 Å². The first-order valence-corrected chi connectivity index (χ1v) is 12.4. The number of halogens is 1. The molecule has 2 atom stereocenters. The number of nitrogens with two attached hydrogens (primary N) is 1. The maximum atomic E-state index is 13.6. The number of methoxy groups -OCH3 is 1. The number of oxazole rings is 1. The highest BCUT2D eigenvalue weighted by Crippen LogP contribution is 2.45. The summed E-state index contributed by atoms with van der Waals surface area (Å²) in [5, 5.41) is 14.2. The lowest BCUT2D eigenvalue weighted by atomic mass is 9.82. The van der Waals surface area contributed by atoms with Gasteiger partial charge in [0.2, 0.25) is 5.91 Å². The van der Waals surface area contributed by atoms with Crippen LogP contribution in [0.1, 0.15) is 35.5 Å². The topological polar surface area (TPSA) is 150 Å². The van der Waals surface area contributed by atoms with Gasteiger partial charge in [-0.1, -0.05) is 0 Å². The van der Waals surface area contributed by atoms with E-state index in [-0.39, 0.29) is 18.8 Å². The molecule has 1 aliphatic rings. The van der Waals surface area contributed by atoms with Crippen LogP contribution in [-0.4, -0.2) is 47.2 Å². The molecule has 206 valence electrons. The zero-order valence-corrected chi connectivity index (χ0v) is 22.0. The van der Waals surface area contributed by atoms with E-state index in [4.69, 9.17) is 19.6 Å². The average molecular weight is 547 g/mol. The summed E-state index contributed by atoms with van der Waals surface area (Å²) in [6, 6.07) is 12.0. The highest BCUT2D eigenvalue weighted by Gasteiger charge is 2.45. The van der Waals surface area contributed by atoms with Gasteiger partial charge in [-0.2, -0.15) is 0 Å². The van der Waals surface area contributed by atoms with E-state index in [1.807, 2.05) is 0 Å². The van der Waals surface area contributed by atoms with Gasteiger partial charge in [0, 0.05) is 16.7 Å². The summed E-state index contributed by atoms with van der Waals surface area (Å²) < 4.78 is 30.2. The van der Waals surface area contributed by atoms with Crippen LogP contribution in [-0.2, 0) is 15.8 Å². The van der Waals surface area contributed by atoms with Crippen LogP contribution >= 0.6 is 0 Å².